The number of ether oxygens (including phenoxy) is 2. The first-order valence-corrected chi connectivity index (χ1v) is 10.5. The van der Waals surface area contributed by atoms with Crippen molar-refractivity contribution in [3.63, 3.8) is 0 Å². The summed E-state index contributed by atoms with van der Waals surface area (Å²) in [5.41, 5.74) is 1.55. The molecule has 0 atom stereocenters. The number of carbonyl (C=O) groups excluding carboxylic acids is 2. The van der Waals surface area contributed by atoms with Gasteiger partial charge in [-0.2, -0.15) is 0 Å². The summed E-state index contributed by atoms with van der Waals surface area (Å²) in [7, 11) is 3.15. The second-order valence-electron chi connectivity index (χ2n) is 6.56. The van der Waals surface area contributed by atoms with Gasteiger partial charge in [-0.3, -0.25) is 9.59 Å². The maximum atomic E-state index is 12.4. The van der Waals surface area contributed by atoms with E-state index < -0.39 is 11.8 Å². The molecule has 0 heterocycles. The molecule has 0 aromatic heterocycles. The Labute approximate surface area is 186 Å². The number of benzene rings is 3. The molecular formula is C24H24N2O4S. The van der Waals surface area contributed by atoms with Gasteiger partial charge in [-0.15, -0.1) is 0 Å². The molecule has 0 saturated carbocycles. The lowest BCUT2D eigenvalue weighted by Gasteiger charge is -2.11. The molecule has 0 radical (unpaired) electrons. The van der Waals surface area contributed by atoms with E-state index in [9.17, 15) is 9.59 Å². The Morgan fingerprint density at radius 3 is 2.29 bits per heavy atom. The highest BCUT2D eigenvalue weighted by Gasteiger charge is 2.15. The molecule has 2 N–H and O–H groups in total. The first kappa shape index (κ1) is 22.2. The summed E-state index contributed by atoms with van der Waals surface area (Å²) in [6.45, 7) is 0.322. The molecule has 0 unspecified atom stereocenters. The molecule has 0 aliphatic rings. The highest BCUT2D eigenvalue weighted by atomic mass is 32.2. The van der Waals surface area contributed by atoms with Crippen molar-refractivity contribution in [3.8, 4) is 11.5 Å². The fourth-order valence-electron chi connectivity index (χ4n) is 2.89. The first-order chi connectivity index (χ1) is 15.1. The molecule has 31 heavy (non-hydrogen) atoms. The van der Waals surface area contributed by atoms with E-state index in [1.165, 1.54) is 11.8 Å². The Bertz CT molecular complexity index is 1040. The maximum absolute atomic E-state index is 12.4. The van der Waals surface area contributed by atoms with Gasteiger partial charge >= 0.3 is 11.8 Å². The van der Waals surface area contributed by atoms with Gasteiger partial charge in [0.1, 0.15) is 0 Å². The molecule has 0 fully saturated rings. The van der Waals surface area contributed by atoms with Crippen LogP contribution in [-0.4, -0.2) is 32.6 Å². The monoisotopic (exact) mass is 436 g/mol. The molecule has 3 aromatic rings. The number of nitrogens with one attached hydrogen (secondary N) is 2. The SMILES string of the molecule is COc1ccc(CCNC(=O)C(=O)Nc2ccccc2Sc2ccccc2)cc1OC. The van der Waals surface area contributed by atoms with Crippen LogP contribution in [0.15, 0.2) is 82.6 Å². The Morgan fingerprint density at radius 1 is 0.839 bits per heavy atom. The van der Waals surface area contributed by atoms with Crippen LogP contribution in [0.3, 0.4) is 0 Å². The van der Waals surface area contributed by atoms with E-state index >= 15 is 0 Å². The molecule has 3 rings (SSSR count). The van der Waals surface area contributed by atoms with Crippen LogP contribution in [0, 0.1) is 0 Å². The van der Waals surface area contributed by atoms with Gasteiger partial charge in [0.25, 0.3) is 0 Å². The zero-order valence-corrected chi connectivity index (χ0v) is 18.2. The van der Waals surface area contributed by atoms with Crippen LogP contribution in [0.2, 0.25) is 0 Å². The Morgan fingerprint density at radius 2 is 1.55 bits per heavy atom. The van der Waals surface area contributed by atoms with Gasteiger partial charge in [-0.05, 0) is 48.4 Å². The van der Waals surface area contributed by atoms with Crippen LogP contribution >= 0.6 is 11.8 Å². The van der Waals surface area contributed by atoms with Crippen LogP contribution in [0.25, 0.3) is 0 Å². The number of amides is 2. The summed E-state index contributed by atoms with van der Waals surface area (Å²) >= 11 is 1.52. The van der Waals surface area contributed by atoms with E-state index in [1.54, 1.807) is 20.3 Å². The van der Waals surface area contributed by atoms with Crippen LogP contribution in [0.1, 0.15) is 5.56 Å². The average Bonchev–Trinajstić information content (AvgIpc) is 2.80. The predicted molar refractivity (Wildman–Crippen MR) is 122 cm³/mol. The van der Waals surface area contributed by atoms with Crippen molar-refractivity contribution in [3.05, 3.63) is 78.4 Å². The highest BCUT2D eigenvalue weighted by molar-refractivity contribution is 7.99. The standard InChI is InChI=1S/C24H24N2O4S/c1-29-20-13-12-17(16-21(20)30-2)14-15-25-23(27)24(28)26-19-10-6-7-11-22(19)31-18-8-4-3-5-9-18/h3-13,16H,14-15H2,1-2H3,(H,25,27)(H,26,28). The van der Waals surface area contributed by atoms with Crippen LogP contribution in [0.5, 0.6) is 11.5 Å². The summed E-state index contributed by atoms with van der Waals surface area (Å²) in [5.74, 6) is -0.119. The Kier molecular flexibility index (Phi) is 7.95. The second kappa shape index (κ2) is 11.1. The minimum absolute atomic E-state index is 0.322. The van der Waals surface area contributed by atoms with E-state index in [2.05, 4.69) is 10.6 Å². The topological polar surface area (TPSA) is 76.7 Å². The van der Waals surface area contributed by atoms with Crippen molar-refractivity contribution in [2.75, 3.05) is 26.1 Å². The van der Waals surface area contributed by atoms with Crippen molar-refractivity contribution >= 4 is 29.3 Å². The summed E-state index contributed by atoms with van der Waals surface area (Å²) in [6.07, 6.45) is 0.555. The molecule has 2 amide bonds. The molecule has 0 aliphatic heterocycles. The zero-order chi connectivity index (χ0) is 22.1. The van der Waals surface area contributed by atoms with E-state index in [0.717, 1.165) is 15.4 Å². The van der Waals surface area contributed by atoms with Gasteiger partial charge in [0.15, 0.2) is 11.5 Å². The average molecular weight is 437 g/mol. The van der Waals surface area contributed by atoms with Crippen molar-refractivity contribution in [1.29, 1.82) is 0 Å². The second-order valence-corrected chi connectivity index (χ2v) is 7.68. The highest BCUT2D eigenvalue weighted by Crippen LogP contribution is 2.33. The zero-order valence-electron chi connectivity index (χ0n) is 17.4. The van der Waals surface area contributed by atoms with Gasteiger partial charge in [0.05, 0.1) is 19.9 Å². The molecular weight excluding hydrogens is 412 g/mol. The van der Waals surface area contributed by atoms with Crippen molar-refractivity contribution in [1.82, 2.24) is 5.32 Å². The lowest BCUT2D eigenvalue weighted by molar-refractivity contribution is -0.136. The van der Waals surface area contributed by atoms with Gasteiger partial charge < -0.3 is 20.1 Å². The third-order valence-electron chi connectivity index (χ3n) is 4.46. The van der Waals surface area contributed by atoms with Crippen molar-refractivity contribution in [2.45, 2.75) is 16.2 Å². The molecule has 160 valence electrons. The third-order valence-corrected chi connectivity index (χ3v) is 5.54. The van der Waals surface area contributed by atoms with Gasteiger partial charge in [0.2, 0.25) is 0 Å². The molecule has 0 aliphatic carbocycles. The quantitative estimate of drug-likeness (QED) is 0.519. The number of hydrogen-bond acceptors (Lipinski definition) is 5. The lowest BCUT2D eigenvalue weighted by Crippen LogP contribution is -2.36. The number of para-hydroxylation sites is 1. The fraction of sp³-hybridized carbons (Fsp3) is 0.167. The smallest absolute Gasteiger partial charge is 0.313 e. The van der Waals surface area contributed by atoms with E-state index in [4.69, 9.17) is 9.47 Å². The minimum Gasteiger partial charge on any atom is -0.493 e. The number of methoxy groups -OCH3 is 2. The van der Waals surface area contributed by atoms with Crippen LogP contribution in [-0.2, 0) is 16.0 Å². The molecule has 0 spiro atoms. The molecule has 3 aromatic carbocycles. The molecule has 0 saturated heterocycles. The fourth-order valence-corrected chi connectivity index (χ4v) is 3.81. The lowest BCUT2D eigenvalue weighted by atomic mass is 10.1. The van der Waals surface area contributed by atoms with Crippen LogP contribution < -0.4 is 20.1 Å². The minimum atomic E-state index is -0.701. The molecule has 7 heteroatoms. The molecule has 0 bridgehead atoms. The number of rotatable bonds is 8. The number of carbonyl (C=O) groups is 2. The first-order valence-electron chi connectivity index (χ1n) is 9.72. The summed E-state index contributed by atoms with van der Waals surface area (Å²) in [5, 5.41) is 5.36. The number of anilines is 1. The van der Waals surface area contributed by atoms with E-state index in [-0.39, 0.29) is 0 Å². The van der Waals surface area contributed by atoms with Gasteiger partial charge in [-0.1, -0.05) is 48.2 Å². The summed E-state index contributed by atoms with van der Waals surface area (Å²) in [6, 6.07) is 22.8. The summed E-state index contributed by atoms with van der Waals surface area (Å²) < 4.78 is 10.5. The Hall–Kier alpha value is -3.45. The van der Waals surface area contributed by atoms with Gasteiger partial charge in [0, 0.05) is 16.3 Å². The largest absolute Gasteiger partial charge is 0.493 e. The van der Waals surface area contributed by atoms with E-state index in [0.29, 0.717) is 30.2 Å². The predicted octanol–water partition coefficient (Wildman–Crippen LogP) is 4.15. The summed E-state index contributed by atoms with van der Waals surface area (Å²) in [4.78, 5) is 26.5. The molecule has 6 nitrogen and oxygen atoms in total. The maximum Gasteiger partial charge on any atom is 0.313 e. The van der Waals surface area contributed by atoms with Crippen molar-refractivity contribution in [2.24, 2.45) is 0 Å². The van der Waals surface area contributed by atoms with Crippen molar-refractivity contribution < 1.29 is 19.1 Å². The van der Waals surface area contributed by atoms with Crippen LogP contribution in [0.4, 0.5) is 5.69 Å². The van der Waals surface area contributed by atoms with E-state index in [1.807, 2.05) is 66.7 Å². The third kappa shape index (κ3) is 6.26. The van der Waals surface area contributed by atoms with Gasteiger partial charge in [-0.25, -0.2) is 0 Å². The number of hydrogen-bond donors (Lipinski definition) is 2. The normalized spacial score (nSPS) is 10.3. The Balaban J connectivity index is 1.55.